The highest BCUT2D eigenvalue weighted by Crippen LogP contribution is 2.33. The second-order valence-corrected chi connectivity index (χ2v) is 8.81. The number of carbonyl (C=O) groups is 2. The Kier molecular flexibility index (Phi) is 8.09. The molecule has 2 amide bonds. The molecule has 1 atom stereocenters. The first-order chi connectivity index (χ1) is 14.9. The van der Waals surface area contributed by atoms with Crippen molar-refractivity contribution in [1.29, 1.82) is 0 Å². The Hall–Kier alpha value is -2.38. The van der Waals surface area contributed by atoms with Gasteiger partial charge in [0.2, 0.25) is 5.91 Å². The first-order valence-corrected chi connectivity index (χ1v) is 11.6. The minimum atomic E-state index is -0.625. The van der Waals surface area contributed by atoms with E-state index in [4.69, 9.17) is 4.74 Å². The van der Waals surface area contributed by atoms with Crippen molar-refractivity contribution in [3.63, 3.8) is 0 Å². The summed E-state index contributed by atoms with van der Waals surface area (Å²) in [6.07, 6.45) is 0. The monoisotopic (exact) mass is 546 g/mol. The van der Waals surface area contributed by atoms with Crippen molar-refractivity contribution in [3.05, 3.63) is 75.2 Å². The van der Waals surface area contributed by atoms with Gasteiger partial charge in [-0.1, -0.05) is 58.4 Å². The third-order valence-corrected chi connectivity index (χ3v) is 6.31. The maximum atomic E-state index is 13.1. The van der Waals surface area contributed by atoms with Gasteiger partial charge in [-0.2, -0.15) is 0 Å². The molecule has 0 spiro atoms. The lowest BCUT2D eigenvalue weighted by atomic mass is 10.1. The fourth-order valence-electron chi connectivity index (χ4n) is 3.24. The van der Waals surface area contributed by atoms with Gasteiger partial charge < -0.3 is 15.0 Å². The standard InChI is InChI=1S/C24H24Br2N2O3/c1-3-27-24(30)16(2)28(14-17-8-11-19(25)12-9-17)22(29)15-31-21-13-10-18-6-4-5-7-20(18)23(21)26/h4-13,16H,3,14-15H2,1-2H3,(H,27,30). The van der Waals surface area contributed by atoms with Crippen LogP contribution in [0.25, 0.3) is 10.8 Å². The average Bonchev–Trinajstić information content (AvgIpc) is 2.78. The summed E-state index contributed by atoms with van der Waals surface area (Å²) in [7, 11) is 0. The lowest BCUT2D eigenvalue weighted by Gasteiger charge is -2.28. The number of fused-ring (bicyclic) bond motifs is 1. The molecule has 0 radical (unpaired) electrons. The third-order valence-electron chi connectivity index (χ3n) is 4.96. The average molecular weight is 548 g/mol. The van der Waals surface area contributed by atoms with Gasteiger partial charge in [0, 0.05) is 17.6 Å². The Morgan fingerprint density at radius 3 is 2.45 bits per heavy atom. The number of nitrogens with zero attached hydrogens (tertiary/aromatic N) is 1. The topological polar surface area (TPSA) is 58.6 Å². The number of rotatable bonds is 8. The summed E-state index contributed by atoms with van der Waals surface area (Å²) in [5, 5.41) is 4.88. The lowest BCUT2D eigenvalue weighted by Crippen LogP contribution is -2.49. The van der Waals surface area contributed by atoms with E-state index in [0.717, 1.165) is 25.3 Å². The largest absolute Gasteiger partial charge is 0.483 e. The van der Waals surface area contributed by atoms with Crippen LogP contribution in [0.4, 0.5) is 0 Å². The molecule has 162 valence electrons. The fourth-order valence-corrected chi connectivity index (χ4v) is 4.11. The number of carbonyl (C=O) groups excluding carboxylic acids is 2. The quantitative estimate of drug-likeness (QED) is 0.416. The van der Waals surface area contributed by atoms with E-state index in [9.17, 15) is 9.59 Å². The summed E-state index contributed by atoms with van der Waals surface area (Å²) in [4.78, 5) is 27.1. The zero-order valence-electron chi connectivity index (χ0n) is 17.4. The predicted molar refractivity (Wildman–Crippen MR) is 130 cm³/mol. The van der Waals surface area contributed by atoms with Crippen molar-refractivity contribution in [3.8, 4) is 5.75 Å². The van der Waals surface area contributed by atoms with E-state index in [2.05, 4.69) is 37.2 Å². The van der Waals surface area contributed by atoms with Crippen LogP contribution in [-0.4, -0.2) is 35.9 Å². The summed E-state index contributed by atoms with van der Waals surface area (Å²) >= 11 is 7.00. The third kappa shape index (κ3) is 5.86. The molecule has 0 saturated carbocycles. The highest BCUT2D eigenvalue weighted by molar-refractivity contribution is 9.11. The molecule has 3 aromatic rings. The number of nitrogens with one attached hydrogen (secondary N) is 1. The molecule has 0 aromatic heterocycles. The molecular formula is C24H24Br2N2O3. The van der Waals surface area contributed by atoms with Crippen molar-refractivity contribution in [2.75, 3.05) is 13.2 Å². The zero-order valence-corrected chi connectivity index (χ0v) is 20.6. The number of hydrogen-bond donors (Lipinski definition) is 1. The molecule has 0 aliphatic heterocycles. The van der Waals surface area contributed by atoms with Crippen LogP contribution >= 0.6 is 31.9 Å². The van der Waals surface area contributed by atoms with Gasteiger partial charge in [0.25, 0.3) is 5.91 Å². The first-order valence-electron chi connectivity index (χ1n) is 10.0. The van der Waals surface area contributed by atoms with Crippen molar-refractivity contribution in [2.45, 2.75) is 26.4 Å². The number of hydrogen-bond acceptors (Lipinski definition) is 3. The molecule has 3 aromatic carbocycles. The Bertz CT molecular complexity index is 1070. The highest BCUT2D eigenvalue weighted by atomic mass is 79.9. The molecule has 0 fully saturated rings. The minimum Gasteiger partial charge on any atom is -0.483 e. The molecule has 0 saturated heterocycles. The lowest BCUT2D eigenvalue weighted by molar-refractivity contribution is -0.142. The maximum Gasteiger partial charge on any atom is 0.261 e. The Morgan fingerprint density at radius 2 is 1.74 bits per heavy atom. The summed E-state index contributed by atoms with van der Waals surface area (Å²) < 4.78 is 7.61. The van der Waals surface area contributed by atoms with E-state index in [1.54, 1.807) is 11.8 Å². The van der Waals surface area contributed by atoms with Crippen molar-refractivity contribution < 1.29 is 14.3 Å². The molecule has 1 unspecified atom stereocenters. The van der Waals surface area contributed by atoms with E-state index >= 15 is 0 Å². The van der Waals surface area contributed by atoms with E-state index < -0.39 is 6.04 Å². The fraction of sp³-hybridized carbons (Fsp3) is 0.250. The van der Waals surface area contributed by atoms with Crippen LogP contribution < -0.4 is 10.1 Å². The molecular weight excluding hydrogens is 524 g/mol. The van der Waals surface area contributed by atoms with Crippen LogP contribution in [0.2, 0.25) is 0 Å². The number of benzene rings is 3. The molecule has 7 heteroatoms. The second-order valence-electron chi connectivity index (χ2n) is 7.11. The molecule has 3 rings (SSSR count). The van der Waals surface area contributed by atoms with Crippen LogP contribution in [0.15, 0.2) is 69.6 Å². The Balaban J connectivity index is 1.78. The van der Waals surface area contributed by atoms with Crippen LogP contribution in [0.3, 0.4) is 0 Å². The smallest absolute Gasteiger partial charge is 0.261 e. The summed E-state index contributed by atoms with van der Waals surface area (Å²) in [6.45, 7) is 4.23. The molecule has 31 heavy (non-hydrogen) atoms. The van der Waals surface area contributed by atoms with Gasteiger partial charge in [0.15, 0.2) is 6.61 Å². The van der Waals surface area contributed by atoms with Crippen molar-refractivity contribution >= 4 is 54.4 Å². The second kappa shape index (κ2) is 10.8. The van der Waals surface area contributed by atoms with Crippen molar-refractivity contribution in [1.82, 2.24) is 10.2 Å². The highest BCUT2D eigenvalue weighted by Gasteiger charge is 2.26. The number of likely N-dealkylation sites (N-methyl/N-ethyl adjacent to an activating group) is 1. The molecule has 5 nitrogen and oxygen atoms in total. The van der Waals surface area contributed by atoms with Gasteiger partial charge in [0.1, 0.15) is 11.8 Å². The molecule has 0 aliphatic rings. The van der Waals surface area contributed by atoms with Crippen LogP contribution in [-0.2, 0) is 16.1 Å². The summed E-state index contributed by atoms with van der Waals surface area (Å²) in [6, 6.07) is 18.8. The molecule has 1 N–H and O–H groups in total. The Labute approximate surface area is 199 Å². The van der Waals surface area contributed by atoms with Crippen LogP contribution in [0, 0.1) is 0 Å². The zero-order chi connectivity index (χ0) is 22.4. The number of amides is 2. The molecule has 0 heterocycles. The molecule has 0 bridgehead atoms. The van der Waals surface area contributed by atoms with E-state index in [1.807, 2.05) is 67.6 Å². The number of halogens is 2. The van der Waals surface area contributed by atoms with Gasteiger partial charge in [-0.05, 0) is 64.3 Å². The normalized spacial score (nSPS) is 11.7. The first kappa shape index (κ1) is 23.3. The Morgan fingerprint density at radius 1 is 1.03 bits per heavy atom. The number of ether oxygens (including phenoxy) is 1. The van der Waals surface area contributed by atoms with Gasteiger partial charge in [0.05, 0.1) is 4.47 Å². The van der Waals surface area contributed by atoms with Crippen molar-refractivity contribution in [2.24, 2.45) is 0 Å². The van der Waals surface area contributed by atoms with E-state index in [0.29, 0.717) is 18.8 Å². The SMILES string of the molecule is CCNC(=O)C(C)N(Cc1ccc(Br)cc1)C(=O)COc1ccc2ccccc2c1Br. The van der Waals surface area contributed by atoms with E-state index in [1.165, 1.54) is 0 Å². The van der Waals surface area contributed by atoms with Crippen LogP contribution in [0.1, 0.15) is 19.4 Å². The molecule has 0 aliphatic carbocycles. The maximum absolute atomic E-state index is 13.1. The van der Waals surface area contributed by atoms with E-state index in [-0.39, 0.29) is 18.4 Å². The van der Waals surface area contributed by atoms with Gasteiger partial charge in [-0.3, -0.25) is 9.59 Å². The predicted octanol–water partition coefficient (Wildman–Crippen LogP) is 5.30. The minimum absolute atomic E-state index is 0.169. The summed E-state index contributed by atoms with van der Waals surface area (Å²) in [5.41, 5.74) is 0.930. The summed E-state index contributed by atoms with van der Waals surface area (Å²) in [5.74, 6) is 0.128. The van der Waals surface area contributed by atoms with Crippen LogP contribution in [0.5, 0.6) is 5.75 Å². The van der Waals surface area contributed by atoms with Gasteiger partial charge in [-0.15, -0.1) is 0 Å². The van der Waals surface area contributed by atoms with Gasteiger partial charge >= 0.3 is 0 Å². The van der Waals surface area contributed by atoms with Gasteiger partial charge in [-0.25, -0.2) is 0 Å².